The van der Waals surface area contributed by atoms with E-state index < -0.39 is 17.8 Å². The van der Waals surface area contributed by atoms with Crippen molar-refractivity contribution in [1.82, 2.24) is 19.9 Å². The third-order valence-corrected chi connectivity index (χ3v) is 5.93. The van der Waals surface area contributed by atoms with E-state index in [-0.39, 0.29) is 18.0 Å². The van der Waals surface area contributed by atoms with Gasteiger partial charge in [0.1, 0.15) is 17.8 Å². The fraction of sp³-hybridized carbons (Fsp3) is 0.526. The molecule has 6 nitrogen and oxygen atoms in total. The topological polar surface area (TPSA) is 73.9 Å². The number of alkyl halides is 2. The summed E-state index contributed by atoms with van der Waals surface area (Å²) < 4.78 is 27.9. The molecule has 0 spiro atoms. The largest absolute Gasteiger partial charge is 0.365 e. The summed E-state index contributed by atoms with van der Waals surface area (Å²) in [4.78, 5) is 25.3. The predicted molar refractivity (Wildman–Crippen MR) is 98.8 cm³/mol. The number of hydrogen-bond donors (Lipinski definition) is 2. The van der Waals surface area contributed by atoms with Gasteiger partial charge >= 0.3 is 0 Å². The van der Waals surface area contributed by atoms with Crippen LogP contribution in [0.4, 0.5) is 14.6 Å². The number of carbonyl (C=O) groups is 1. The van der Waals surface area contributed by atoms with E-state index in [1.54, 1.807) is 18.0 Å². The van der Waals surface area contributed by atoms with Crippen LogP contribution in [0.15, 0.2) is 25.2 Å². The number of fused-ring (bicyclic) bond motifs is 1. The lowest BCUT2D eigenvalue weighted by Gasteiger charge is -2.38. The predicted octanol–water partition coefficient (Wildman–Crippen LogP) is 3.30. The van der Waals surface area contributed by atoms with Gasteiger partial charge in [0.2, 0.25) is 5.91 Å². The summed E-state index contributed by atoms with van der Waals surface area (Å²) in [7, 11) is 0. The lowest BCUT2D eigenvalue weighted by Crippen LogP contribution is -2.49. The average molecular weight is 375 g/mol. The first kappa shape index (κ1) is 17.9. The van der Waals surface area contributed by atoms with E-state index in [9.17, 15) is 13.6 Å². The van der Waals surface area contributed by atoms with Gasteiger partial charge in [-0.3, -0.25) is 4.79 Å². The van der Waals surface area contributed by atoms with E-state index in [4.69, 9.17) is 0 Å². The number of likely N-dealkylation sites (tertiary alicyclic amines) is 1. The van der Waals surface area contributed by atoms with Gasteiger partial charge in [0.15, 0.2) is 0 Å². The Morgan fingerprint density at radius 1 is 1.41 bits per heavy atom. The van der Waals surface area contributed by atoms with Gasteiger partial charge in [-0.1, -0.05) is 13.5 Å². The second-order valence-corrected chi connectivity index (χ2v) is 7.59. The second kappa shape index (κ2) is 6.28. The van der Waals surface area contributed by atoms with Crippen LogP contribution < -0.4 is 5.32 Å². The summed E-state index contributed by atoms with van der Waals surface area (Å²) in [6.45, 7) is 7.66. The van der Waals surface area contributed by atoms with Crippen molar-refractivity contribution < 1.29 is 13.6 Å². The van der Waals surface area contributed by atoms with Crippen LogP contribution in [0.2, 0.25) is 0 Å². The summed E-state index contributed by atoms with van der Waals surface area (Å²) in [5.41, 5.74) is 1.09. The minimum atomic E-state index is -2.70. The summed E-state index contributed by atoms with van der Waals surface area (Å²) >= 11 is 0. The van der Waals surface area contributed by atoms with Crippen LogP contribution in [0.3, 0.4) is 0 Å². The third-order valence-electron chi connectivity index (χ3n) is 5.93. The molecule has 1 aliphatic carbocycles. The lowest BCUT2D eigenvalue weighted by molar-refractivity contribution is -0.129. The Hall–Kier alpha value is -2.51. The van der Waals surface area contributed by atoms with E-state index in [2.05, 4.69) is 26.8 Å². The van der Waals surface area contributed by atoms with Crippen molar-refractivity contribution in [3.8, 4) is 0 Å². The Kier molecular flexibility index (Phi) is 4.16. The molecule has 4 atom stereocenters. The van der Waals surface area contributed by atoms with Crippen LogP contribution in [0, 0.1) is 5.92 Å². The molecule has 4 rings (SSSR count). The number of hydrogen-bond acceptors (Lipinski definition) is 4. The van der Waals surface area contributed by atoms with Gasteiger partial charge in [-0.05, 0) is 31.4 Å². The number of amides is 1. The van der Waals surface area contributed by atoms with Gasteiger partial charge in [0.25, 0.3) is 5.92 Å². The highest BCUT2D eigenvalue weighted by Crippen LogP contribution is 2.62. The van der Waals surface area contributed by atoms with E-state index in [1.807, 2.05) is 6.92 Å². The molecular weight excluding hydrogens is 352 g/mol. The van der Waals surface area contributed by atoms with Crippen molar-refractivity contribution in [2.45, 2.75) is 50.6 Å². The standard InChI is InChI=1S/C19H23F2N5O/c1-4-14(27)26-8-12(6-5-10(26)2)25-18-15-13(16-11(3)19(16,20)21)7-22-17(15)23-9-24-18/h4,7,9-12,16H,1,5-6,8H2,2-3H3,(H2,22,23,24,25)/t10-,11-,12+,16+/m0/s1. The van der Waals surface area contributed by atoms with Crippen LogP contribution in [0.25, 0.3) is 11.0 Å². The van der Waals surface area contributed by atoms with E-state index in [0.717, 1.165) is 12.8 Å². The summed E-state index contributed by atoms with van der Waals surface area (Å²) in [6, 6.07) is 0.135. The number of rotatable bonds is 4. The van der Waals surface area contributed by atoms with E-state index in [0.29, 0.717) is 29.0 Å². The van der Waals surface area contributed by atoms with E-state index >= 15 is 0 Å². The molecule has 2 aliphatic rings. The molecule has 3 heterocycles. The minimum Gasteiger partial charge on any atom is -0.365 e. The maximum atomic E-state index is 14.0. The molecule has 2 aromatic heterocycles. The van der Waals surface area contributed by atoms with Gasteiger partial charge < -0.3 is 15.2 Å². The number of nitrogens with zero attached hydrogens (tertiary/aromatic N) is 3. The van der Waals surface area contributed by atoms with Crippen molar-refractivity contribution in [1.29, 1.82) is 0 Å². The summed E-state index contributed by atoms with van der Waals surface area (Å²) in [5, 5.41) is 3.98. The highest BCUT2D eigenvalue weighted by Gasteiger charge is 2.66. The van der Waals surface area contributed by atoms with Crippen molar-refractivity contribution >= 4 is 22.8 Å². The Morgan fingerprint density at radius 2 is 2.15 bits per heavy atom. The number of aromatic amines is 1. The lowest BCUT2D eigenvalue weighted by atomic mass is 9.99. The zero-order chi connectivity index (χ0) is 19.3. The molecular formula is C19H23F2N5O. The molecule has 1 saturated carbocycles. The number of piperidine rings is 1. The normalized spacial score (nSPS) is 29.6. The van der Waals surface area contributed by atoms with Crippen LogP contribution in [-0.4, -0.2) is 50.3 Å². The fourth-order valence-electron chi connectivity index (χ4n) is 4.14. The van der Waals surface area contributed by atoms with Gasteiger partial charge in [-0.2, -0.15) is 0 Å². The van der Waals surface area contributed by atoms with Crippen molar-refractivity contribution in [3.05, 3.63) is 30.7 Å². The van der Waals surface area contributed by atoms with Crippen molar-refractivity contribution in [2.75, 3.05) is 11.9 Å². The molecule has 2 aromatic rings. The number of nitrogens with one attached hydrogen (secondary N) is 2. The van der Waals surface area contributed by atoms with Crippen LogP contribution in [-0.2, 0) is 4.79 Å². The number of anilines is 1. The number of halogens is 2. The first-order valence-electron chi connectivity index (χ1n) is 9.24. The zero-order valence-corrected chi connectivity index (χ0v) is 15.4. The molecule has 1 saturated heterocycles. The molecule has 2 N–H and O–H groups in total. The first-order chi connectivity index (χ1) is 12.8. The van der Waals surface area contributed by atoms with Gasteiger partial charge in [0.05, 0.1) is 11.3 Å². The molecule has 0 radical (unpaired) electrons. The Bertz CT molecular complexity index is 895. The van der Waals surface area contributed by atoms with Gasteiger partial charge in [0, 0.05) is 30.7 Å². The number of H-pyrrole nitrogens is 1. The second-order valence-electron chi connectivity index (χ2n) is 7.59. The first-order valence-corrected chi connectivity index (χ1v) is 9.24. The Labute approximate surface area is 156 Å². The van der Waals surface area contributed by atoms with Crippen molar-refractivity contribution in [3.63, 3.8) is 0 Å². The Morgan fingerprint density at radius 3 is 2.81 bits per heavy atom. The monoisotopic (exact) mass is 375 g/mol. The smallest absolute Gasteiger partial charge is 0.258 e. The molecule has 27 heavy (non-hydrogen) atoms. The molecule has 0 unspecified atom stereocenters. The van der Waals surface area contributed by atoms with Gasteiger partial charge in [-0.25, -0.2) is 18.7 Å². The molecule has 2 fully saturated rings. The fourth-order valence-corrected chi connectivity index (χ4v) is 4.14. The SMILES string of the molecule is C=CC(=O)N1C[C@H](Nc2ncnc3[nH]cc([C@H]4[C@H](C)C4(F)F)c23)CC[C@@H]1C. The quantitative estimate of drug-likeness (QED) is 0.804. The summed E-state index contributed by atoms with van der Waals surface area (Å²) in [6.07, 6.45) is 6.07. The average Bonchev–Trinajstić information content (AvgIpc) is 2.97. The third kappa shape index (κ3) is 2.87. The molecule has 0 bridgehead atoms. The molecule has 144 valence electrons. The molecule has 8 heteroatoms. The Balaban J connectivity index is 1.62. The molecule has 1 aliphatic heterocycles. The number of carbonyl (C=O) groups excluding carboxylic acids is 1. The van der Waals surface area contributed by atoms with Crippen LogP contribution in [0.5, 0.6) is 0 Å². The summed E-state index contributed by atoms with van der Waals surface area (Å²) in [5.74, 6) is -3.77. The maximum Gasteiger partial charge on any atom is 0.258 e. The van der Waals surface area contributed by atoms with Gasteiger partial charge in [-0.15, -0.1) is 0 Å². The minimum absolute atomic E-state index is 0.0110. The van der Waals surface area contributed by atoms with E-state index in [1.165, 1.54) is 12.4 Å². The molecule has 1 amide bonds. The van der Waals surface area contributed by atoms with Crippen molar-refractivity contribution in [2.24, 2.45) is 5.92 Å². The highest BCUT2D eigenvalue weighted by molar-refractivity contribution is 5.91. The van der Waals surface area contributed by atoms with Crippen LogP contribution >= 0.6 is 0 Å². The highest BCUT2D eigenvalue weighted by atomic mass is 19.3. The molecule has 0 aromatic carbocycles. The maximum absolute atomic E-state index is 14.0. The van der Waals surface area contributed by atoms with Crippen LogP contribution in [0.1, 0.15) is 38.2 Å². The zero-order valence-electron chi connectivity index (χ0n) is 15.4. The number of aromatic nitrogens is 3.